The molecule has 0 aliphatic carbocycles. The quantitative estimate of drug-likeness (QED) is 0.642. The van der Waals surface area contributed by atoms with Gasteiger partial charge in [-0.05, 0) is 54.1 Å². The van der Waals surface area contributed by atoms with E-state index in [1.165, 1.54) is 0 Å². The molecule has 0 heterocycles. The number of anilines is 2. The number of hydrogen-bond acceptors (Lipinski definition) is 5. The van der Waals surface area contributed by atoms with E-state index in [1.54, 1.807) is 60.7 Å². The Bertz CT molecular complexity index is 1080. The number of amides is 1. The molecule has 1 amide bonds. The molecule has 0 fully saturated rings. The first-order valence-electron chi connectivity index (χ1n) is 8.92. The molecule has 6 heteroatoms. The van der Waals surface area contributed by atoms with E-state index in [0.29, 0.717) is 29.2 Å². The summed E-state index contributed by atoms with van der Waals surface area (Å²) in [5, 5.41) is 23.6. The third-order valence-electron chi connectivity index (χ3n) is 4.05. The minimum atomic E-state index is -0.201. The second kappa shape index (κ2) is 9.59. The molecule has 29 heavy (non-hydrogen) atoms. The minimum absolute atomic E-state index is 0.0952. The summed E-state index contributed by atoms with van der Waals surface area (Å²) in [6, 6.07) is 25.4. The van der Waals surface area contributed by atoms with Crippen LogP contribution >= 0.6 is 0 Å². The molecule has 0 saturated carbocycles. The Morgan fingerprint density at radius 2 is 1.62 bits per heavy atom. The topological polar surface area (TPSA) is 97.9 Å². The van der Waals surface area contributed by atoms with E-state index in [1.807, 2.05) is 12.1 Å². The van der Waals surface area contributed by atoms with Gasteiger partial charge in [-0.1, -0.05) is 18.2 Å². The van der Waals surface area contributed by atoms with Crippen molar-refractivity contribution in [3.05, 3.63) is 89.5 Å². The van der Waals surface area contributed by atoms with E-state index in [4.69, 9.17) is 15.3 Å². The molecule has 0 aromatic heterocycles. The van der Waals surface area contributed by atoms with E-state index in [2.05, 4.69) is 22.8 Å². The molecule has 0 bridgehead atoms. The van der Waals surface area contributed by atoms with Crippen LogP contribution in [0.1, 0.15) is 16.7 Å². The van der Waals surface area contributed by atoms with Gasteiger partial charge < -0.3 is 15.4 Å². The molecule has 142 valence electrons. The van der Waals surface area contributed by atoms with Gasteiger partial charge in [0.1, 0.15) is 12.4 Å². The van der Waals surface area contributed by atoms with Gasteiger partial charge in [0.25, 0.3) is 0 Å². The molecule has 0 unspecified atom stereocenters. The maximum Gasteiger partial charge on any atom is 0.243 e. The maximum absolute atomic E-state index is 12.2. The molecular weight excluding hydrogens is 364 g/mol. The number of rotatable bonds is 7. The van der Waals surface area contributed by atoms with Crippen LogP contribution in [0.15, 0.2) is 72.8 Å². The van der Waals surface area contributed by atoms with Crippen LogP contribution in [0.5, 0.6) is 5.75 Å². The number of nitriles is 2. The maximum atomic E-state index is 12.2. The van der Waals surface area contributed by atoms with E-state index in [-0.39, 0.29) is 12.5 Å². The van der Waals surface area contributed by atoms with Gasteiger partial charge in [0.15, 0.2) is 0 Å². The largest absolute Gasteiger partial charge is 0.489 e. The van der Waals surface area contributed by atoms with Gasteiger partial charge in [0.2, 0.25) is 5.91 Å². The second-order valence-electron chi connectivity index (χ2n) is 6.22. The highest BCUT2D eigenvalue weighted by molar-refractivity contribution is 5.93. The summed E-state index contributed by atoms with van der Waals surface area (Å²) in [6.45, 7) is 0.422. The van der Waals surface area contributed by atoms with Gasteiger partial charge in [-0.25, -0.2) is 0 Å². The molecule has 0 atom stereocenters. The average Bonchev–Trinajstić information content (AvgIpc) is 2.77. The summed E-state index contributed by atoms with van der Waals surface area (Å²) >= 11 is 0. The molecule has 3 aromatic rings. The van der Waals surface area contributed by atoms with Crippen molar-refractivity contribution in [3.63, 3.8) is 0 Å². The zero-order chi connectivity index (χ0) is 20.5. The van der Waals surface area contributed by atoms with Gasteiger partial charge in [-0.15, -0.1) is 0 Å². The Kier molecular flexibility index (Phi) is 6.44. The van der Waals surface area contributed by atoms with Crippen LogP contribution < -0.4 is 15.4 Å². The first-order valence-corrected chi connectivity index (χ1v) is 8.92. The number of nitrogens with zero attached hydrogens (tertiary/aromatic N) is 2. The molecule has 3 rings (SSSR count). The lowest BCUT2D eigenvalue weighted by Gasteiger charge is -2.10. The normalized spacial score (nSPS) is 9.72. The summed E-state index contributed by atoms with van der Waals surface area (Å²) in [5.74, 6) is 0.415. The van der Waals surface area contributed by atoms with Gasteiger partial charge in [0, 0.05) is 17.4 Å². The van der Waals surface area contributed by atoms with Crippen LogP contribution in [0.25, 0.3) is 0 Å². The summed E-state index contributed by atoms with van der Waals surface area (Å²) < 4.78 is 5.76. The molecule has 6 nitrogen and oxygen atoms in total. The number of ether oxygens (including phenoxy) is 1. The number of benzene rings is 3. The molecule has 0 aliphatic heterocycles. The highest BCUT2D eigenvalue weighted by atomic mass is 16.5. The van der Waals surface area contributed by atoms with Crippen LogP contribution in [-0.2, 0) is 11.4 Å². The first-order chi connectivity index (χ1) is 14.2. The van der Waals surface area contributed by atoms with Crippen LogP contribution in [0, 0.1) is 22.7 Å². The lowest BCUT2D eigenvalue weighted by Crippen LogP contribution is -2.21. The summed E-state index contributed by atoms with van der Waals surface area (Å²) in [6.07, 6.45) is 0. The predicted octanol–water partition coefficient (Wildman–Crippen LogP) is 4.06. The van der Waals surface area contributed by atoms with Crippen molar-refractivity contribution >= 4 is 17.3 Å². The molecule has 0 radical (unpaired) electrons. The molecule has 0 saturated heterocycles. The van der Waals surface area contributed by atoms with Gasteiger partial charge in [-0.3, -0.25) is 4.79 Å². The van der Waals surface area contributed by atoms with Gasteiger partial charge in [0.05, 0.1) is 29.8 Å². The SMILES string of the molecule is N#Cc1ccc(NCC(=O)Nc2cccc(OCc3cccc(C#N)c3)c2)cc1. The van der Waals surface area contributed by atoms with E-state index in [9.17, 15) is 4.79 Å². The lowest BCUT2D eigenvalue weighted by atomic mass is 10.1. The highest BCUT2D eigenvalue weighted by Gasteiger charge is 2.04. The molecule has 0 spiro atoms. The fourth-order valence-corrected chi connectivity index (χ4v) is 2.61. The van der Waals surface area contributed by atoms with Crippen LogP contribution in [0.4, 0.5) is 11.4 Å². The number of carbonyl (C=O) groups is 1. The standard InChI is InChI=1S/C23H18N4O2/c24-13-17-7-9-20(10-8-17)26-15-23(28)27-21-5-2-6-22(12-21)29-16-19-4-1-3-18(11-19)14-25/h1-12,26H,15-16H2,(H,27,28). The van der Waals surface area contributed by atoms with Crippen molar-refractivity contribution in [2.45, 2.75) is 6.61 Å². The molecule has 2 N–H and O–H groups in total. The molecular formula is C23H18N4O2. The van der Waals surface area contributed by atoms with Crippen molar-refractivity contribution in [2.75, 3.05) is 17.2 Å². The minimum Gasteiger partial charge on any atom is -0.489 e. The Morgan fingerprint density at radius 1 is 0.862 bits per heavy atom. The number of hydrogen-bond donors (Lipinski definition) is 2. The monoisotopic (exact) mass is 382 g/mol. The van der Waals surface area contributed by atoms with Crippen molar-refractivity contribution < 1.29 is 9.53 Å². The highest BCUT2D eigenvalue weighted by Crippen LogP contribution is 2.19. The Hall–Kier alpha value is -4.29. The third-order valence-corrected chi connectivity index (χ3v) is 4.05. The fraction of sp³-hybridized carbons (Fsp3) is 0.0870. The van der Waals surface area contributed by atoms with E-state index >= 15 is 0 Å². The Balaban J connectivity index is 1.52. The smallest absolute Gasteiger partial charge is 0.243 e. The van der Waals surface area contributed by atoms with Crippen molar-refractivity contribution in [1.29, 1.82) is 10.5 Å². The third kappa shape index (κ3) is 5.85. The van der Waals surface area contributed by atoms with Gasteiger partial charge >= 0.3 is 0 Å². The van der Waals surface area contributed by atoms with Crippen LogP contribution in [0.2, 0.25) is 0 Å². The number of nitrogens with one attached hydrogen (secondary N) is 2. The van der Waals surface area contributed by atoms with Crippen LogP contribution in [-0.4, -0.2) is 12.5 Å². The van der Waals surface area contributed by atoms with E-state index in [0.717, 1.165) is 11.3 Å². The lowest BCUT2D eigenvalue weighted by molar-refractivity contribution is -0.114. The fourth-order valence-electron chi connectivity index (χ4n) is 2.61. The average molecular weight is 382 g/mol. The molecule has 3 aromatic carbocycles. The van der Waals surface area contributed by atoms with Crippen molar-refractivity contribution in [2.24, 2.45) is 0 Å². The van der Waals surface area contributed by atoms with Crippen LogP contribution in [0.3, 0.4) is 0 Å². The second-order valence-corrected chi connectivity index (χ2v) is 6.22. The Morgan fingerprint density at radius 3 is 2.38 bits per heavy atom. The predicted molar refractivity (Wildman–Crippen MR) is 110 cm³/mol. The van der Waals surface area contributed by atoms with Crippen molar-refractivity contribution in [3.8, 4) is 17.9 Å². The van der Waals surface area contributed by atoms with E-state index < -0.39 is 0 Å². The number of carbonyl (C=O) groups excluding carboxylic acids is 1. The van der Waals surface area contributed by atoms with Crippen molar-refractivity contribution in [1.82, 2.24) is 0 Å². The zero-order valence-electron chi connectivity index (χ0n) is 15.6. The first kappa shape index (κ1) is 19.5. The van der Waals surface area contributed by atoms with Gasteiger partial charge in [-0.2, -0.15) is 10.5 Å². The zero-order valence-corrected chi connectivity index (χ0v) is 15.6. The molecule has 0 aliphatic rings. The summed E-state index contributed by atoms with van der Waals surface area (Å²) in [7, 11) is 0. The Labute approximate surface area is 169 Å². The summed E-state index contributed by atoms with van der Waals surface area (Å²) in [4.78, 5) is 12.2. The summed E-state index contributed by atoms with van der Waals surface area (Å²) in [5.41, 5.74) is 3.43.